The largest absolute Gasteiger partial charge is 0.497 e. The normalized spacial score (nSPS) is 10.7. The maximum atomic E-state index is 5.05. The summed E-state index contributed by atoms with van der Waals surface area (Å²) in [7, 11) is 1.64. The van der Waals surface area contributed by atoms with Crippen molar-refractivity contribution >= 4 is 22.7 Å². The molecule has 15 heavy (non-hydrogen) atoms. The van der Waals surface area contributed by atoms with E-state index in [2.05, 4.69) is 15.2 Å². The average molecular weight is 219 g/mol. The van der Waals surface area contributed by atoms with Crippen LogP contribution in [0, 0.1) is 0 Å². The van der Waals surface area contributed by atoms with Gasteiger partial charge in [-0.15, -0.1) is 10.2 Å². The molecule has 0 fully saturated rings. The molecule has 1 aromatic carbocycles. The van der Waals surface area contributed by atoms with E-state index in [9.17, 15) is 0 Å². The van der Waals surface area contributed by atoms with Crippen molar-refractivity contribution in [3.8, 4) is 5.75 Å². The van der Waals surface area contributed by atoms with Crippen molar-refractivity contribution in [2.75, 3.05) is 7.11 Å². The second-order valence-electron chi connectivity index (χ2n) is 2.75. The van der Waals surface area contributed by atoms with Crippen molar-refractivity contribution in [2.24, 2.45) is 4.99 Å². The number of nitrogens with zero attached hydrogens (tertiary/aromatic N) is 3. The molecule has 76 valence electrons. The van der Waals surface area contributed by atoms with Gasteiger partial charge in [0.15, 0.2) is 0 Å². The van der Waals surface area contributed by atoms with Crippen molar-refractivity contribution < 1.29 is 4.74 Å². The Morgan fingerprint density at radius 1 is 1.33 bits per heavy atom. The molecule has 0 radical (unpaired) electrons. The van der Waals surface area contributed by atoms with Gasteiger partial charge in [0.05, 0.1) is 7.11 Å². The molecule has 2 aromatic rings. The zero-order valence-corrected chi connectivity index (χ0v) is 8.94. The number of ether oxygens (including phenoxy) is 1. The molecule has 0 spiro atoms. The minimum atomic E-state index is 0.658. The first-order chi connectivity index (χ1) is 7.38. The molecule has 0 bridgehead atoms. The van der Waals surface area contributed by atoms with Crippen molar-refractivity contribution in [1.29, 1.82) is 0 Å². The predicted molar refractivity (Wildman–Crippen MR) is 60.2 cm³/mol. The van der Waals surface area contributed by atoms with Gasteiger partial charge in [0.2, 0.25) is 5.13 Å². The molecule has 0 aliphatic rings. The van der Waals surface area contributed by atoms with Crippen LogP contribution in [-0.4, -0.2) is 23.5 Å². The van der Waals surface area contributed by atoms with Crippen LogP contribution in [0.2, 0.25) is 0 Å². The van der Waals surface area contributed by atoms with Crippen molar-refractivity contribution in [3.63, 3.8) is 0 Å². The fraction of sp³-hybridized carbons (Fsp3) is 0.100. The van der Waals surface area contributed by atoms with Crippen molar-refractivity contribution in [1.82, 2.24) is 10.2 Å². The summed E-state index contributed by atoms with van der Waals surface area (Å²) in [5.74, 6) is 0.836. The highest BCUT2D eigenvalue weighted by molar-refractivity contribution is 7.13. The van der Waals surface area contributed by atoms with Crippen LogP contribution in [0.15, 0.2) is 34.8 Å². The Kier molecular flexibility index (Phi) is 3.04. The lowest BCUT2D eigenvalue weighted by Crippen LogP contribution is -1.84. The molecule has 1 heterocycles. The summed E-state index contributed by atoms with van der Waals surface area (Å²) >= 11 is 1.40. The molecule has 4 nitrogen and oxygen atoms in total. The molecular formula is C10H9N3OS. The standard InChI is InChI=1S/C10H9N3OS/c1-14-9-4-2-8(3-5-9)6-11-10-13-12-7-15-10/h2-7H,1H3. The van der Waals surface area contributed by atoms with E-state index in [1.165, 1.54) is 11.3 Å². The lowest BCUT2D eigenvalue weighted by atomic mass is 10.2. The van der Waals surface area contributed by atoms with Crippen LogP contribution in [0.3, 0.4) is 0 Å². The second-order valence-corrected chi connectivity index (χ2v) is 3.56. The Labute approximate surface area is 91.3 Å². The highest BCUT2D eigenvalue weighted by Gasteiger charge is 1.92. The van der Waals surface area contributed by atoms with Gasteiger partial charge < -0.3 is 4.74 Å². The van der Waals surface area contributed by atoms with Gasteiger partial charge in [-0.25, -0.2) is 4.99 Å². The molecule has 5 heteroatoms. The maximum absolute atomic E-state index is 5.05. The number of rotatable bonds is 3. The molecule has 0 atom stereocenters. The van der Waals surface area contributed by atoms with E-state index in [1.54, 1.807) is 18.8 Å². The predicted octanol–water partition coefficient (Wildman–Crippen LogP) is 2.30. The highest BCUT2D eigenvalue weighted by Crippen LogP contribution is 2.14. The van der Waals surface area contributed by atoms with Crippen molar-refractivity contribution in [2.45, 2.75) is 0 Å². The molecule has 0 saturated carbocycles. The molecular weight excluding hydrogens is 210 g/mol. The van der Waals surface area contributed by atoms with Gasteiger partial charge in [-0.2, -0.15) is 0 Å². The SMILES string of the molecule is COc1ccc(C=Nc2nncs2)cc1. The quantitative estimate of drug-likeness (QED) is 0.744. The first-order valence-electron chi connectivity index (χ1n) is 4.33. The molecule has 1 aromatic heterocycles. The number of aromatic nitrogens is 2. The minimum Gasteiger partial charge on any atom is -0.497 e. The minimum absolute atomic E-state index is 0.658. The molecule has 0 amide bonds. The third-order valence-corrected chi connectivity index (χ3v) is 2.39. The smallest absolute Gasteiger partial charge is 0.231 e. The first kappa shape index (κ1) is 9.79. The van der Waals surface area contributed by atoms with Crippen LogP contribution in [0.5, 0.6) is 5.75 Å². The average Bonchev–Trinajstić information content (AvgIpc) is 2.80. The first-order valence-corrected chi connectivity index (χ1v) is 5.21. The lowest BCUT2D eigenvalue weighted by molar-refractivity contribution is 0.415. The van der Waals surface area contributed by atoms with E-state index in [1.807, 2.05) is 24.3 Å². The highest BCUT2D eigenvalue weighted by atomic mass is 32.1. The summed E-state index contributed by atoms with van der Waals surface area (Å²) in [6.45, 7) is 0. The Morgan fingerprint density at radius 2 is 2.13 bits per heavy atom. The summed E-state index contributed by atoms with van der Waals surface area (Å²) in [6, 6.07) is 7.65. The zero-order valence-electron chi connectivity index (χ0n) is 8.12. The maximum Gasteiger partial charge on any atom is 0.231 e. The molecule has 0 aliphatic carbocycles. The third kappa shape index (κ3) is 2.60. The van der Waals surface area contributed by atoms with Crippen LogP contribution in [-0.2, 0) is 0 Å². The summed E-state index contributed by atoms with van der Waals surface area (Å²) in [4.78, 5) is 4.17. The molecule has 0 unspecified atom stereocenters. The monoisotopic (exact) mass is 219 g/mol. The molecule has 0 N–H and O–H groups in total. The number of benzene rings is 1. The number of methoxy groups -OCH3 is 1. The van der Waals surface area contributed by atoms with Gasteiger partial charge in [0.1, 0.15) is 11.3 Å². The fourth-order valence-electron chi connectivity index (χ4n) is 1.04. The fourth-order valence-corrected chi connectivity index (χ4v) is 1.44. The lowest BCUT2D eigenvalue weighted by Gasteiger charge is -1.98. The van der Waals surface area contributed by atoms with Crippen molar-refractivity contribution in [3.05, 3.63) is 35.3 Å². The summed E-state index contributed by atoms with van der Waals surface area (Å²) in [5, 5.41) is 8.17. The van der Waals surface area contributed by atoms with E-state index < -0.39 is 0 Å². The van der Waals surface area contributed by atoms with Crippen LogP contribution in [0.1, 0.15) is 5.56 Å². The topological polar surface area (TPSA) is 47.4 Å². The number of hydrogen-bond donors (Lipinski definition) is 0. The Hall–Kier alpha value is -1.75. The number of hydrogen-bond acceptors (Lipinski definition) is 5. The number of aliphatic imine (C=N–C) groups is 1. The van der Waals surface area contributed by atoms with Gasteiger partial charge >= 0.3 is 0 Å². The van der Waals surface area contributed by atoms with E-state index in [4.69, 9.17) is 4.74 Å². The van der Waals surface area contributed by atoms with Crippen LogP contribution in [0.4, 0.5) is 5.13 Å². The Balaban J connectivity index is 2.11. The third-order valence-electron chi connectivity index (χ3n) is 1.79. The summed E-state index contributed by atoms with van der Waals surface area (Å²) in [6.07, 6.45) is 1.75. The molecule has 0 saturated heterocycles. The van der Waals surface area contributed by atoms with Crippen LogP contribution >= 0.6 is 11.3 Å². The van der Waals surface area contributed by atoms with E-state index in [0.717, 1.165) is 11.3 Å². The Bertz CT molecular complexity index is 436. The van der Waals surface area contributed by atoms with Crippen LogP contribution < -0.4 is 4.74 Å². The van der Waals surface area contributed by atoms with Gasteiger partial charge in [0, 0.05) is 6.21 Å². The van der Waals surface area contributed by atoms with Gasteiger partial charge in [0.25, 0.3) is 0 Å². The Morgan fingerprint density at radius 3 is 2.73 bits per heavy atom. The molecule has 0 aliphatic heterocycles. The summed E-state index contributed by atoms with van der Waals surface area (Å²) < 4.78 is 5.05. The van der Waals surface area contributed by atoms with Crippen LogP contribution in [0.25, 0.3) is 0 Å². The molecule has 2 rings (SSSR count). The van der Waals surface area contributed by atoms with E-state index >= 15 is 0 Å². The zero-order chi connectivity index (χ0) is 10.5. The summed E-state index contributed by atoms with van der Waals surface area (Å²) in [5.41, 5.74) is 2.66. The van der Waals surface area contributed by atoms with Gasteiger partial charge in [-0.05, 0) is 29.8 Å². The van der Waals surface area contributed by atoms with E-state index in [-0.39, 0.29) is 0 Å². The van der Waals surface area contributed by atoms with Gasteiger partial charge in [-0.1, -0.05) is 11.3 Å². The van der Waals surface area contributed by atoms with Gasteiger partial charge in [-0.3, -0.25) is 0 Å². The van der Waals surface area contributed by atoms with E-state index in [0.29, 0.717) is 5.13 Å². The second kappa shape index (κ2) is 4.65.